The molecule has 0 saturated heterocycles. The summed E-state index contributed by atoms with van der Waals surface area (Å²) in [7, 11) is 0. The third-order valence-electron chi connectivity index (χ3n) is 5.86. The highest BCUT2D eigenvalue weighted by Crippen LogP contribution is 2.20. The highest BCUT2D eigenvalue weighted by Gasteiger charge is 2.26. The van der Waals surface area contributed by atoms with Gasteiger partial charge in [-0.05, 0) is 19.5 Å². The summed E-state index contributed by atoms with van der Waals surface area (Å²) in [6, 6.07) is 0. The van der Waals surface area contributed by atoms with E-state index in [2.05, 4.69) is 39.5 Å². The fraction of sp³-hybridized carbons (Fsp3) is 1.00. The summed E-state index contributed by atoms with van der Waals surface area (Å²) in [6.07, 6.45) is 19.7. The molecule has 27 heavy (non-hydrogen) atoms. The van der Waals surface area contributed by atoms with Crippen molar-refractivity contribution in [2.24, 2.45) is 0 Å². The summed E-state index contributed by atoms with van der Waals surface area (Å²) in [5.41, 5.74) is 0. The molecule has 0 aliphatic rings. The van der Waals surface area contributed by atoms with Gasteiger partial charge in [0.25, 0.3) is 0 Å². The van der Waals surface area contributed by atoms with Crippen LogP contribution in [-0.2, 0) is 3.79 Å². The molecule has 0 aromatic heterocycles. The summed E-state index contributed by atoms with van der Waals surface area (Å²) in [4.78, 5) is 2.55. The standard InChI is InChI=1S/C8H18NO.2C8H17.Al/c1-4-7-8(10)9(5-2)6-3;2*1-3-5-7-8-6-4-2;/h8H,4-7H2,1-3H3;2*1,3-8H2,2H3;/q-1;;;+1. The van der Waals surface area contributed by atoms with Crippen LogP contribution in [0.1, 0.15) is 125 Å². The van der Waals surface area contributed by atoms with E-state index in [1.54, 1.807) is 0 Å². The number of rotatable bonds is 21. The molecule has 0 aromatic carbocycles. The smallest absolute Gasteiger partial charge is 0.461 e. The maximum atomic E-state index is 6.86. The van der Waals surface area contributed by atoms with E-state index in [0.717, 1.165) is 13.1 Å². The van der Waals surface area contributed by atoms with Crippen LogP contribution in [0.15, 0.2) is 0 Å². The molecule has 0 rings (SSSR count). The Labute approximate surface area is 177 Å². The minimum absolute atomic E-state index is 0.391. The number of hydrogen-bond acceptors (Lipinski definition) is 2. The zero-order valence-corrected chi connectivity index (χ0v) is 20.9. The maximum Gasteiger partial charge on any atom is 0.461 e. The van der Waals surface area contributed by atoms with Gasteiger partial charge < -0.3 is 3.79 Å². The van der Waals surface area contributed by atoms with Gasteiger partial charge in [0.1, 0.15) is 0 Å². The molecule has 0 saturated carbocycles. The van der Waals surface area contributed by atoms with Gasteiger partial charge in [0, 0.05) is 0 Å². The molecule has 162 valence electrons. The Balaban J connectivity index is 4.40. The molecule has 0 aromatic rings. The molecule has 0 spiro atoms. The van der Waals surface area contributed by atoms with E-state index < -0.39 is 14.5 Å². The Bertz CT molecular complexity index is 268. The molecule has 0 aliphatic heterocycles. The van der Waals surface area contributed by atoms with E-state index >= 15 is 0 Å². The minimum Gasteiger partial charge on any atom is -0.487 e. The molecular formula is C24H52AlNO. The van der Waals surface area contributed by atoms with Crippen molar-refractivity contribution in [2.45, 2.75) is 141 Å². The van der Waals surface area contributed by atoms with Crippen molar-refractivity contribution < 1.29 is 3.79 Å². The topological polar surface area (TPSA) is 12.5 Å². The number of hydrogen-bond donors (Lipinski definition) is 0. The van der Waals surface area contributed by atoms with Crippen molar-refractivity contribution in [1.29, 1.82) is 0 Å². The maximum absolute atomic E-state index is 6.86. The van der Waals surface area contributed by atoms with Crippen molar-refractivity contribution in [1.82, 2.24) is 4.90 Å². The molecule has 0 aliphatic carbocycles. The second-order valence-corrected chi connectivity index (χ2v) is 11.0. The molecule has 0 fully saturated rings. The highest BCUT2D eigenvalue weighted by molar-refractivity contribution is 6.51. The highest BCUT2D eigenvalue weighted by atomic mass is 27.2. The van der Waals surface area contributed by atoms with Gasteiger partial charge in [0.05, 0.1) is 6.23 Å². The first-order chi connectivity index (χ1) is 13.2. The Morgan fingerprint density at radius 1 is 0.593 bits per heavy atom. The zero-order chi connectivity index (χ0) is 20.2. The Hall–Kier alpha value is 0.452. The second-order valence-electron chi connectivity index (χ2n) is 8.34. The molecule has 0 radical (unpaired) electrons. The van der Waals surface area contributed by atoms with Crippen molar-refractivity contribution in [3.63, 3.8) is 0 Å². The Morgan fingerprint density at radius 2 is 1.04 bits per heavy atom. The average molecular weight is 398 g/mol. The normalized spacial score (nSPS) is 12.7. The summed E-state index contributed by atoms with van der Waals surface area (Å²) < 4.78 is 6.86. The van der Waals surface area contributed by atoms with E-state index in [1.165, 1.54) is 100 Å². The van der Waals surface area contributed by atoms with Gasteiger partial charge in [-0.1, -0.05) is 129 Å². The predicted molar refractivity (Wildman–Crippen MR) is 125 cm³/mol. The quantitative estimate of drug-likeness (QED) is 0.110. The van der Waals surface area contributed by atoms with Crippen LogP contribution in [0.2, 0.25) is 10.6 Å². The van der Waals surface area contributed by atoms with Crippen LogP contribution >= 0.6 is 0 Å². The molecule has 1 atom stereocenters. The molecule has 0 amide bonds. The first kappa shape index (κ1) is 27.5. The zero-order valence-electron chi connectivity index (χ0n) is 19.7. The van der Waals surface area contributed by atoms with Crippen molar-refractivity contribution in [3.8, 4) is 0 Å². The first-order valence-corrected chi connectivity index (χ1v) is 14.7. The molecule has 2 nitrogen and oxygen atoms in total. The molecule has 0 bridgehead atoms. The summed E-state index contributed by atoms with van der Waals surface area (Å²) in [5, 5.41) is 2.81. The summed E-state index contributed by atoms with van der Waals surface area (Å²) in [5.74, 6) is 0. The lowest BCUT2D eigenvalue weighted by Crippen LogP contribution is -2.40. The van der Waals surface area contributed by atoms with Gasteiger partial charge in [-0.3, -0.25) is 4.90 Å². The lowest BCUT2D eigenvalue weighted by Gasteiger charge is -2.33. The van der Waals surface area contributed by atoms with Gasteiger partial charge >= 0.3 is 14.5 Å². The largest absolute Gasteiger partial charge is 0.487 e. The third-order valence-corrected chi connectivity index (χ3v) is 8.67. The average Bonchev–Trinajstić information content (AvgIpc) is 2.68. The van der Waals surface area contributed by atoms with Crippen LogP contribution in [0.5, 0.6) is 0 Å². The van der Waals surface area contributed by atoms with Crippen molar-refractivity contribution in [3.05, 3.63) is 0 Å². The van der Waals surface area contributed by atoms with E-state index in [4.69, 9.17) is 3.79 Å². The second kappa shape index (κ2) is 21.2. The molecule has 3 heteroatoms. The fourth-order valence-corrected chi connectivity index (χ4v) is 6.82. The summed E-state index contributed by atoms with van der Waals surface area (Å²) >= 11 is -1.07. The minimum atomic E-state index is -1.07. The van der Waals surface area contributed by atoms with E-state index in [-0.39, 0.29) is 0 Å². The van der Waals surface area contributed by atoms with Gasteiger partial charge in [-0.2, -0.15) is 0 Å². The lowest BCUT2D eigenvalue weighted by molar-refractivity contribution is 0.0221. The van der Waals surface area contributed by atoms with Gasteiger partial charge in [0.2, 0.25) is 0 Å². The van der Waals surface area contributed by atoms with Crippen molar-refractivity contribution >= 4 is 14.5 Å². The number of unbranched alkanes of at least 4 members (excludes halogenated alkanes) is 10. The lowest BCUT2D eigenvalue weighted by atomic mass is 10.1. The van der Waals surface area contributed by atoms with Gasteiger partial charge in [-0.15, -0.1) is 0 Å². The van der Waals surface area contributed by atoms with Gasteiger partial charge in [0.15, 0.2) is 0 Å². The van der Waals surface area contributed by atoms with E-state index in [1.807, 2.05) is 0 Å². The number of nitrogens with zero attached hydrogens (tertiary/aromatic N) is 1. The van der Waals surface area contributed by atoms with Crippen molar-refractivity contribution in [2.75, 3.05) is 13.1 Å². The van der Waals surface area contributed by atoms with Crippen LogP contribution in [0.3, 0.4) is 0 Å². The van der Waals surface area contributed by atoms with Crippen LogP contribution < -0.4 is 0 Å². The molecule has 1 unspecified atom stereocenters. The first-order valence-electron chi connectivity index (χ1n) is 12.6. The van der Waals surface area contributed by atoms with Crippen LogP contribution in [0.25, 0.3) is 0 Å². The Morgan fingerprint density at radius 3 is 1.44 bits per heavy atom. The monoisotopic (exact) mass is 397 g/mol. The summed E-state index contributed by atoms with van der Waals surface area (Å²) in [6.45, 7) is 13.7. The predicted octanol–water partition coefficient (Wildman–Crippen LogP) is 8.18. The fourth-order valence-electron chi connectivity index (χ4n) is 4.02. The van der Waals surface area contributed by atoms with Gasteiger partial charge in [-0.25, -0.2) is 0 Å². The van der Waals surface area contributed by atoms with Crippen LogP contribution in [0, 0.1) is 0 Å². The van der Waals surface area contributed by atoms with Crippen LogP contribution in [-0.4, -0.2) is 38.7 Å². The van der Waals surface area contributed by atoms with E-state index in [9.17, 15) is 0 Å². The molecule has 0 heterocycles. The Kier molecular flexibility index (Phi) is 21.5. The SMILES string of the molecule is CCCCCCC[CH2][Al]([CH2]CCCCCCC)[O]C(CCC)N(CC)CC. The third kappa shape index (κ3) is 16.0. The van der Waals surface area contributed by atoms with Crippen LogP contribution in [0.4, 0.5) is 0 Å². The van der Waals surface area contributed by atoms with E-state index in [0.29, 0.717) is 6.23 Å². The molecule has 0 N–H and O–H groups in total. The molecular weight excluding hydrogens is 345 g/mol.